The van der Waals surface area contributed by atoms with Gasteiger partial charge in [0.1, 0.15) is 0 Å². The Bertz CT molecular complexity index is 330. The highest BCUT2D eigenvalue weighted by Gasteiger charge is 2.50. The van der Waals surface area contributed by atoms with Crippen LogP contribution in [0.15, 0.2) is 0 Å². The largest absolute Gasteiger partial charge is 0.377 e. The molecule has 3 nitrogen and oxygen atoms in total. The zero-order chi connectivity index (χ0) is 14.2. The number of nitrogens with one attached hydrogen (secondary N) is 1. The van der Waals surface area contributed by atoms with Crippen molar-refractivity contribution in [3.05, 3.63) is 0 Å². The van der Waals surface area contributed by atoms with Crippen LogP contribution < -0.4 is 5.32 Å². The van der Waals surface area contributed by atoms with Gasteiger partial charge in [-0.1, -0.05) is 0 Å². The maximum Gasteiger partial charge on any atom is 0.0673 e. The third-order valence-electron chi connectivity index (χ3n) is 5.01. The molecule has 3 aliphatic rings. The predicted molar refractivity (Wildman–Crippen MR) is 80.9 cm³/mol. The minimum absolute atomic E-state index is 0.0281. The SMILES string of the molecule is CC(C)(C)OCCC1(CNC2CC2)CCOC1C1CC1. The zero-order valence-corrected chi connectivity index (χ0v) is 13.4. The third-order valence-corrected chi connectivity index (χ3v) is 5.01. The van der Waals surface area contributed by atoms with Crippen LogP contribution in [0.1, 0.15) is 59.3 Å². The molecule has 0 radical (unpaired) electrons. The highest BCUT2D eigenvalue weighted by Crippen LogP contribution is 2.49. The Balaban J connectivity index is 1.59. The molecule has 1 aliphatic heterocycles. The van der Waals surface area contributed by atoms with Crippen LogP contribution in [0.2, 0.25) is 0 Å². The van der Waals surface area contributed by atoms with Gasteiger partial charge >= 0.3 is 0 Å². The number of ether oxygens (including phenoxy) is 2. The average molecular weight is 281 g/mol. The average Bonchev–Trinajstić information content (AvgIpc) is 3.26. The highest BCUT2D eigenvalue weighted by molar-refractivity contribution is 5.01. The van der Waals surface area contributed by atoms with Gasteiger partial charge in [-0.3, -0.25) is 0 Å². The Morgan fingerprint density at radius 2 is 1.95 bits per heavy atom. The molecule has 3 fully saturated rings. The summed E-state index contributed by atoms with van der Waals surface area (Å²) in [5.41, 5.74) is 0.300. The van der Waals surface area contributed by atoms with Gasteiger partial charge in [0.25, 0.3) is 0 Å². The summed E-state index contributed by atoms with van der Waals surface area (Å²) in [6.07, 6.45) is 8.31. The Morgan fingerprint density at radius 1 is 1.20 bits per heavy atom. The number of hydrogen-bond donors (Lipinski definition) is 1. The standard InChI is InChI=1S/C17H31NO2/c1-16(2,3)20-11-9-17(12-18-14-6-7-14)8-10-19-15(17)13-4-5-13/h13-15,18H,4-12H2,1-3H3. The summed E-state index contributed by atoms with van der Waals surface area (Å²) in [4.78, 5) is 0. The summed E-state index contributed by atoms with van der Waals surface area (Å²) in [6, 6.07) is 0.788. The van der Waals surface area contributed by atoms with Crippen molar-refractivity contribution in [3.8, 4) is 0 Å². The number of hydrogen-bond acceptors (Lipinski definition) is 3. The van der Waals surface area contributed by atoms with Gasteiger partial charge in [-0.25, -0.2) is 0 Å². The van der Waals surface area contributed by atoms with E-state index in [-0.39, 0.29) is 5.60 Å². The fourth-order valence-electron chi connectivity index (χ4n) is 3.48. The van der Waals surface area contributed by atoms with Crippen molar-refractivity contribution < 1.29 is 9.47 Å². The first kappa shape index (κ1) is 14.8. The van der Waals surface area contributed by atoms with E-state index < -0.39 is 0 Å². The zero-order valence-electron chi connectivity index (χ0n) is 13.4. The van der Waals surface area contributed by atoms with E-state index >= 15 is 0 Å². The normalized spacial score (nSPS) is 34.6. The van der Waals surface area contributed by atoms with Crippen LogP contribution in [0.4, 0.5) is 0 Å². The van der Waals surface area contributed by atoms with E-state index in [1.165, 1.54) is 32.1 Å². The smallest absolute Gasteiger partial charge is 0.0673 e. The van der Waals surface area contributed by atoms with Crippen molar-refractivity contribution in [1.82, 2.24) is 5.32 Å². The van der Waals surface area contributed by atoms with Gasteiger partial charge in [-0.05, 0) is 65.2 Å². The summed E-state index contributed by atoms with van der Waals surface area (Å²) in [5.74, 6) is 0.827. The maximum absolute atomic E-state index is 6.13. The van der Waals surface area contributed by atoms with Crippen molar-refractivity contribution in [2.24, 2.45) is 11.3 Å². The quantitative estimate of drug-likeness (QED) is 0.777. The molecule has 3 rings (SSSR count). The van der Waals surface area contributed by atoms with E-state index in [1.807, 2.05) is 0 Å². The van der Waals surface area contributed by atoms with Crippen molar-refractivity contribution in [2.75, 3.05) is 19.8 Å². The van der Waals surface area contributed by atoms with Gasteiger partial charge in [0.15, 0.2) is 0 Å². The molecule has 0 amide bonds. The molecule has 1 heterocycles. The molecule has 2 saturated carbocycles. The van der Waals surface area contributed by atoms with E-state index in [4.69, 9.17) is 9.47 Å². The molecule has 1 saturated heterocycles. The Labute approximate surface area is 123 Å². The first-order valence-corrected chi connectivity index (χ1v) is 8.48. The van der Waals surface area contributed by atoms with Crippen molar-refractivity contribution in [2.45, 2.75) is 77.0 Å². The summed E-state index contributed by atoms with van der Waals surface area (Å²) < 4.78 is 12.1. The second-order valence-corrected chi connectivity index (χ2v) is 8.11. The van der Waals surface area contributed by atoms with Crippen LogP contribution in [-0.2, 0) is 9.47 Å². The van der Waals surface area contributed by atoms with Crippen LogP contribution in [0.25, 0.3) is 0 Å². The molecular weight excluding hydrogens is 250 g/mol. The molecule has 2 aliphatic carbocycles. The molecule has 0 spiro atoms. The topological polar surface area (TPSA) is 30.5 Å². The highest BCUT2D eigenvalue weighted by atomic mass is 16.5. The number of rotatable bonds is 7. The first-order chi connectivity index (χ1) is 9.49. The fraction of sp³-hybridized carbons (Fsp3) is 1.00. The maximum atomic E-state index is 6.13. The molecule has 116 valence electrons. The lowest BCUT2D eigenvalue weighted by Gasteiger charge is -2.36. The van der Waals surface area contributed by atoms with Crippen LogP contribution in [0, 0.1) is 11.3 Å². The van der Waals surface area contributed by atoms with Crippen molar-refractivity contribution in [1.29, 1.82) is 0 Å². The minimum atomic E-state index is -0.0281. The fourth-order valence-corrected chi connectivity index (χ4v) is 3.48. The van der Waals surface area contributed by atoms with E-state index in [0.717, 1.165) is 38.1 Å². The lowest BCUT2D eigenvalue weighted by molar-refractivity contribution is -0.0367. The second-order valence-electron chi connectivity index (χ2n) is 8.11. The molecule has 0 aromatic rings. The summed E-state index contributed by atoms with van der Waals surface area (Å²) in [7, 11) is 0. The van der Waals surface area contributed by atoms with E-state index in [2.05, 4.69) is 26.1 Å². The molecule has 20 heavy (non-hydrogen) atoms. The Kier molecular flexibility index (Phi) is 4.13. The van der Waals surface area contributed by atoms with Gasteiger partial charge in [-0.2, -0.15) is 0 Å². The van der Waals surface area contributed by atoms with E-state index in [9.17, 15) is 0 Å². The molecular formula is C17H31NO2. The third kappa shape index (κ3) is 3.75. The summed E-state index contributed by atoms with van der Waals surface area (Å²) in [5, 5.41) is 3.76. The van der Waals surface area contributed by atoms with Gasteiger partial charge in [-0.15, -0.1) is 0 Å². The first-order valence-electron chi connectivity index (χ1n) is 8.48. The Hall–Kier alpha value is -0.120. The van der Waals surface area contributed by atoms with Gasteiger partial charge in [0.05, 0.1) is 11.7 Å². The molecule has 0 bridgehead atoms. The van der Waals surface area contributed by atoms with E-state index in [0.29, 0.717) is 11.5 Å². The van der Waals surface area contributed by atoms with E-state index in [1.54, 1.807) is 0 Å². The minimum Gasteiger partial charge on any atom is -0.377 e. The van der Waals surface area contributed by atoms with Crippen LogP contribution >= 0.6 is 0 Å². The Morgan fingerprint density at radius 3 is 2.55 bits per heavy atom. The predicted octanol–water partition coefficient (Wildman–Crippen LogP) is 3.13. The molecule has 2 atom stereocenters. The monoisotopic (exact) mass is 281 g/mol. The van der Waals surface area contributed by atoms with Crippen LogP contribution in [-0.4, -0.2) is 37.5 Å². The summed E-state index contributed by atoms with van der Waals surface area (Å²) >= 11 is 0. The molecule has 1 N–H and O–H groups in total. The van der Waals surface area contributed by atoms with Crippen LogP contribution in [0.5, 0.6) is 0 Å². The van der Waals surface area contributed by atoms with Crippen LogP contribution in [0.3, 0.4) is 0 Å². The van der Waals surface area contributed by atoms with Gasteiger partial charge in [0, 0.05) is 31.2 Å². The second kappa shape index (κ2) is 5.58. The molecule has 3 heteroatoms. The van der Waals surface area contributed by atoms with Gasteiger partial charge in [0.2, 0.25) is 0 Å². The molecule has 0 aromatic heterocycles. The molecule has 0 aromatic carbocycles. The molecule has 2 unspecified atom stereocenters. The summed E-state index contributed by atoms with van der Waals surface area (Å²) in [6.45, 7) is 9.38. The van der Waals surface area contributed by atoms with Gasteiger partial charge < -0.3 is 14.8 Å². The lowest BCUT2D eigenvalue weighted by atomic mass is 9.76. The van der Waals surface area contributed by atoms with Crippen molar-refractivity contribution in [3.63, 3.8) is 0 Å². The lowest BCUT2D eigenvalue weighted by Crippen LogP contribution is -2.43. The van der Waals surface area contributed by atoms with Crippen molar-refractivity contribution >= 4 is 0 Å².